The molecule has 1 aliphatic carbocycles. The molecule has 0 radical (unpaired) electrons. The van der Waals surface area contributed by atoms with Gasteiger partial charge in [0.05, 0.1) is 11.5 Å². The van der Waals surface area contributed by atoms with Gasteiger partial charge >= 0.3 is 5.97 Å². The third-order valence-electron chi connectivity index (χ3n) is 3.37. The van der Waals surface area contributed by atoms with Crippen molar-refractivity contribution in [2.24, 2.45) is 5.41 Å². The van der Waals surface area contributed by atoms with Crippen LogP contribution >= 0.6 is 0 Å². The lowest BCUT2D eigenvalue weighted by molar-refractivity contribution is -0.162. The molecule has 1 atom stereocenters. The van der Waals surface area contributed by atoms with Gasteiger partial charge in [-0.05, 0) is 26.7 Å². The summed E-state index contributed by atoms with van der Waals surface area (Å²) in [6, 6.07) is 0. The van der Waals surface area contributed by atoms with Gasteiger partial charge in [0.25, 0.3) is 0 Å². The lowest BCUT2D eigenvalue weighted by atomic mass is 9.70. The molecule has 1 unspecified atom stereocenters. The standard InChI is InChI=1S/C11H20O3/c1-3-14-9(2)11(10(12)13)7-5-4-6-8-11/h9H,3-8H2,1-2H3,(H,12,13). The molecule has 0 aliphatic heterocycles. The molecule has 0 aromatic carbocycles. The van der Waals surface area contributed by atoms with Crippen molar-refractivity contribution in [3.8, 4) is 0 Å². The second-order valence-electron chi connectivity index (χ2n) is 4.12. The number of carboxylic acids is 1. The molecule has 1 saturated carbocycles. The molecule has 1 rings (SSSR count). The van der Waals surface area contributed by atoms with Gasteiger partial charge in [0.1, 0.15) is 0 Å². The summed E-state index contributed by atoms with van der Waals surface area (Å²) >= 11 is 0. The second kappa shape index (κ2) is 4.78. The number of rotatable bonds is 4. The van der Waals surface area contributed by atoms with E-state index in [1.165, 1.54) is 0 Å². The van der Waals surface area contributed by atoms with E-state index < -0.39 is 11.4 Å². The van der Waals surface area contributed by atoms with E-state index in [0.29, 0.717) is 6.61 Å². The summed E-state index contributed by atoms with van der Waals surface area (Å²) in [5.74, 6) is -0.682. The van der Waals surface area contributed by atoms with Crippen LogP contribution < -0.4 is 0 Å². The quantitative estimate of drug-likeness (QED) is 0.758. The van der Waals surface area contributed by atoms with Crippen molar-refractivity contribution < 1.29 is 14.6 Å². The molecule has 3 nitrogen and oxygen atoms in total. The number of hydrogen-bond donors (Lipinski definition) is 1. The summed E-state index contributed by atoms with van der Waals surface area (Å²) < 4.78 is 5.47. The number of carbonyl (C=O) groups is 1. The van der Waals surface area contributed by atoms with Crippen LogP contribution in [-0.4, -0.2) is 23.8 Å². The molecule has 1 aliphatic rings. The Morgan fingerprint density at radius 3 is 2.43 bits per heavy atom. The highest BCUT2D eigenvalue weighted by Gasteiger charge is 2.44. The minimum absolute atomic E-state index is 0.162. The SMILES string of the molecule is CCOC(C)C1(C(=O)O)CCCCC1. The molecule has 0 aromatic heterocycles. The Labute approximate surface area is 85.5 Å². The lowest BCUT2D eigenvalue weighted by Gasteiger charge is -2.37. The maximum atomic E-state index is 11.3. The van der Waals surface area contributed by atoms with Crippen LogP contribution in [0, 0.1) is 5.41 Å². The van der Waals surface area contributed by atoms with Gasteiger partial charge in [-0.15, -0.1) is 0 Å². The van der Waals surface area contributed by atoms with Gasteiger partial charge < -0.3 is 9.84 Å². The Balaban J connectivity index is 2.74. The molecular formula is C11H20O3. The van der Waals surface area contributed by atoms with Crippen LogP contribution in [0.2, 0.25) is 0 Å². The van der Waals surface area contributed by atoms with Gasteiger partial charge in [0.15, 0.2) is 0 Å². The van der Waals surface area contributed by atoms with E-state index in [0.717, 1.165) is 32.1 Å². The van der Waals surface area contributed by atoms with Crippen molar-refractivity contribution in [2.45, 2.75) is 52.1 Å². The first-order valence-corrected chi connectivity index (χ1v) is 5.48. The minimum Gasteiger partial charge on any atom is -0.481 e. The van der Waals surface area contributed by atoms with Crippen molar-refractivity contribution in [2.75, 3.05) is 6.61 Å². The zero-order valence-electron chi connectivity index (χ0n) is 9.08. The summed E-state index contributed by atoms with van der Waals surface area (Å²) in [4.78, 5) is 11.3. The molecule has 14 heavy (non-hydrogen) atoms. The number of ether oxygens (including phenoxy) is 1. The highest BCUT2D eigenvalue weighted by atomic mass is 16.5. The third-order valence-corrected chi connectivity index (χ3v) is 3.37. The van der Waals surface area contributed by atoms with Gasteiger partial charge in [0, 0.05) is 6.61 Å². The Morgan fingerprint density at radius 2 is 2.00 bits per heavy atom. The zero-order valence-corrected chi connectivity index (χ0v) is 9.08. The number of carboxylic acid groups (broad SMARTS) is 1. The maximum absolute atomic E-state index is 11.3. The largest absolute Gasteiger partial charge is 0.481 e. The summed E-state index contributed by atoms with van der Waals surface area (Å²) in [5.41, 5.74) is -0.617. The third kappa shape index (κ3) is 2.08. The number of hydrogen-bond acceptors (Lipinski definition) is 2. The molecule has 1 N–H and O–H groups in total. The Morgan fingerprint density at radius 1 is 1.43 bits per heavy atom. The fourth-order valence-electron chi connectivity index (χ4n) is 2.39. The summed E-state index contributed by atoms with van der Waals surface area (Å²) in [5, 5.41) is 9.31. The van der Waals surface area contributed by atoms with Crippen LogP contribution in [0.1, 0.15) is 46.0 Å². The molecule has 0 saturated heterocycles. The van der Waals surface area contributed by atoms with Crippen molar-refractivity contribution in [1.82, 2.24) is 0 Å². The monoisotopic (exact) mass is 200 g/mol. The highest BCUT2D eigenvalue weighted by molar-refractivity contribution is 5.75. The molecule has 0 heterocycles. The maximum Gasteiger partial charge on any atom is 0.312 e. The van der Waals surface area contributed by atoms with Crippen LogP contribution in [0.25, 0.3) is 0 Å². The summed E-state index contributed by atoms with van der Waals surface area (Å²) in [6.45, 7) is 4.40. The van der Waals surface area contributed by atoms with Crippen LogP contribution in [-0.2, 0) is 9.53 Å². The average molecular weight is 200 g/mol. The fraction of sp³-hybridized carbons (Fsp3) is 0.909. The molecule has 1 fully saturated rings. The summed E-state index contributed by atoms with van der Waals surface area (Å²) in [6.07, 6.45) is 4.57. The first kappa shape index (κ1) is 11.5. The highest BCUT2D eigenvalue weighted by Crippen LogP contribution is 2.40. The molecule has 0 amide bonds. The fourth-order valence-corrected chi connectivity index (χ4v) is 2.39. The predicted octanol–water partition coefficient (Wildman–Crippen LogP) is 2.45. The van der Waals surface area contributed by atoms with Gasteiger partial charge in [-0.3, -0.25) is 4.79 Å². The van der Waals surface area contributed by atoms with Crippen molar-refractivity contribution >= 4 is 5.97 Å². The topological polar surface area (TPSA) is 46.5 Å². The van der Waals surface area contributed by atoms with Crippen molar-refractivity contribution in [1.29, 1.82) is 0 Å². The van der Waals surface area contributed by atoms with E-state index in [1.54, 1.807) is 0 Å². The predicted molar refractivity (Wildman–Crippen MR) is 54.2 cm³/mol. The van der Waals surface area contributed by atoms with E-state index in [9.17, 15) is 9.90 Å². The lowest BCUT2D eigenvalue weighted by Crippen LogP contribution is -2.44. The van der Waals surface area contributed by atoms with Crippen molar-refractivity contribution in [3.05, 3.63) is 0 Å². The molecule has 82 valence electrons. The van der Waals surface area contributed by atoms with E-state index in [2.05, 4.69) is 0 Å². The average Bonchev–Trinajstić information content (AvgIpc) is 2.19. The van der Waals surface area contributed by atoms with Crippen LogP contribution in [0.4, 0.5) is 0 Å². The van der Waals surface area contributed by atoms with Gasteiger partial charge in [-0.2, -0.15) is 0 Å². The first-order chi connectivity index (χ1) is 6.63. The smallest absolute Gasteiger partial charge is 0.312 e. The second-order valence-corrected chi connectivity index (χ2v) is 4.12. The van der Waals surface area contributed by atoms with E-state index in [-0.39, 0.29) is 6.10 Å². The van der Waals surface area contributed by atoms with Gasteiger partial charge in [-0.25, -0.2) is 0 Å². The van der Waals surface area contributed by atoms with E-state index >= 15 is 0 Å². The Hall–Kier alpha value is -0.570. The van der Waals surface area contributed by atoms with Crippen LogP contribution in [0.3, 0.4) is 0 Å². The molecule has 0 bridgehead atoms. The van der Waals surface area contributed by atoms with Gasteiger partial charge in [0.2, 0.25) is 0 Å². The van der Waals surface area contributed by atoms with Crippen molar-refractivity contribution in [3.63, 3.8) is 0 Å². The normalized spacial score (nSPS) is 23.0. The van der Waals surface area contributed by atoms with Gasteiger partial charge in [-0.1, -0.05) is 19.3 Å². The molecule has 0 spiro atoms. The summed E-state index contributed by atoms with van der Waals surface area (Å²) in [7, 11) is 0. The van der Waals surface area contributed by atoms with Crippen LogP contribution in [0.15, 0.2) is 0 Å². The number of aliphatic carboxylic acids is 1. The van der Waals surface area contributed by atoms with E-state index in [1.807, 2.05) is 13.8 Å². The Bertz CT molecular complexity index is 195. The molecular weight excluding hydrogens is 180 g/mol. The van der Waals surface area contributed by atoms with E-state index in [4.69, 9.17) is 4.74 Å². The molecule has 0 aromatic rings. The zero-order chi connectivity index (χ0) is 10.6. The Kier molecular flexibility index (Phi) is 3.93. The molecule has 3 heteroatoms. The van der Waals surface area contributed by atoms with Crippen LogP contribution in [0.5, 0.6) is 0 Å². The minimum atomic E-state index is -0.682. The first-order valence-electron chi connectivity index (χ1n) is 5.48.